The lowest BCUT2D eigenvalue weighted by Gasteiger charge is -2.25. The van der Waals surface area contributed by atoms with Crippen molar-refractivity contribution < 1.29 is 18.7 Å². The number of aromatic nitrogens is 1. The third kappa shape index (κ3) is 4.42. The maximum absolute atomic E-state index is 14.0. The number of fused-ring (bicyclic) bond motifs is 2. The molecule has 0 spiro atoms. The van der Waals surface area contributed by atoms with Gasteiger partial charge in [-0.1, -0.05) is 31.9 Å². The lowest BCUT2D eigenvalue weighted by atomic mass is 9.97. The Morgan fingerprint density at radius 2 is 1.76 bits per heavy atom. The molecule has 7 nitrogen and oxygen atoms in total. The second-order valence-corrected chi connectivity index (χ2v) is 9.84. The molecule has 196 valence electrons. The molecular weight excluding hydrogens is 480 g/mol. The van der Waals surface area contributed by atoms with Crippen LogP contribution in [0, 0.1) is 20.8 Å². The van der Waals surface area contributed by atoms with Crippen molar-refractivity contribution >= 4 is 22.7 Å². The van der Waals surface area contributed by atoms with Gasteiger partial charge in [-0.3, -0.25) is 14.5 Å². The van der Waals surface area contributed by atoms with Crippen molar-refractivity contribution in [3.63, 3.8) is 0 Å². The van der Waals surface area contributed by atoms with Crippen LogP contribution in [0.25, 0.3) is 11.0 Å². The Morgan fingerprint density at radius 1 is 0.974 bits per heavy atom. The van der Waals surface area contributed by atoms with Gasteiger partial charge in [-0.15, -0.1) is 0 Å². The van der Waals surface area contributed by atoms with Gasteiger partial charge in [-0.05, 0) is 79.8 Å². The van der Waals surface area contributed by atoms with Gasteiger partial charge in [0.25, 0.3) is 5.91 Å². The van der Waals surface area contributed by atoms with E-state index < -0.39 is 11.9 Å². The van der Waals surface area contributed by atoms with Gasteiger partial charge in [0.1, 0.15) is 11.4 Å². The van der Waals surface area contributed by atoms with Crippen molar-refractivity contribution in [2.75, 3.05) is 18.6 Å². The molecule has 0 aliphatic carbocycles. The average Bonchev–Trinajstić information content (AvgIpc) is 3.20. The van der Waals surface area contributed by atoms with Crippen LogP contribution in [-0.2, 0) is 0 Å². The fourth-order valence-electron chi connectivity index (χ4n) is 4.89. The summed E-state index contributed by atoms with van der Waals surface area (Å²) in [6.07, 6.45) is 4.84. The number of benzene rings is 2. The summed E-state index contributed by atoms with van der Waals surface area (Å²) in [4.78, 5) is 33.8. The molecule has 2 aromatic heterocycles. The number of pyridine rings is 1. The van der Waals surface area contributed by atoms with Crippen LogP contribution in [0.1, 0.15) is 70.6 Å². The minimum atomic E-state index is -0.738. The standard InChI is InChI=1S/C31H32N2O5/c1-6-7-8-13-37-23-11-10-21(16-25(23)36-5)28-27-29(34)22-14-19(3)20(4)15-24(22)38-30(27)31(35)33(28)26-12-9-18(2)17-32-26/h9-12,14-17,28H,6-8,13H2,1-5H3. The maximum atomic E-state index is 14.0. The second kappa shape index (κ2) is 10.3. The van der Waals surface area contributed by atoms with E-state index in [4.69, 9.17) is 13.9 Å². The van der Waals surface area contributed by atoms with E-state index in [1.807, 2.05) is 57.2 Å². The first kappa shape index (κ1) is 25.5. The number of carbonyl (C=O) groups excluding carboxylic acids is 1. The molecule has 3 heterocycles. The highest BCUT2D eigenvalue weighted by Crippen LogP contribution is 2.43. The highest BCUT2D eigenvalue weighted by Gasteiger charge is 2.44. The summed E-state index contributed by atoms with van der Waals surface area (Å²) >= 11 is 0. The van der Waals surface area contributed by atoms with Crippen molar-refractivity contribution in [1.82, 2.24) is 4.98 Å². The topological polar surface area (TPSA) is 81.9 Å². The fourth-order valence-corrected chi connectivity index (χ4v) is 4.89. The van der Waals surface area contributed by atoms with E-state index in [1.54, 1.807) is 19.4 Å². The largest absolute Gasteiger partial charge is 0.493 e. The summed E-state index contributed by atoms with van der Waals surface area (Å²) in [6, 6.07) is 12.1. The molecule has 0 fully saturated rings. The molecule has 0 bridgehead atoms. The molecule has 4 aromatic rings. The number of amides is 1. The van der Waals surface area contributed by atoms with Gasteiger partial charge in [-0.25, -0.2) is 4.98 Å². The predicted molar refractivity (Wildman–Crippen MR) is 148 cm³/mol. The highest BCUT2D eigenvalue weighted by molar-refractivity contribution is 6.10. The van der Waals surface area contributed by atoms with E-state index in [-0.39, 0.29) is 11.2 Å². The number of hydrogen-bond donors (Lipinski definition) is 0. The lowest BCUT2D eigenvalue weighted by molar-refractivity contribution is 0.0970. The van der Waals surface area contributed by atoms with Crippen LogP contribution in [0.5, 0.6) is 11.5 Å². The van der Waals surface area contributed by atoms with Gasteiger partial charge in [0.05, 0.1) is 30.7 Å². The number of rotatable bonds is 8. The molecule has 7 heteroatoms. The second-order valence-electron chi connectivity index (χ2n) is 9.84. The van der Waals surface area contributed by atoms with Crippen molar-refractivity contribution in [1.29, 1.82) is 0 Å². The van der Waals surface area contributed by atoms with Crippen LogP contribution in [0.15, 0.2) is 57.9 Å². The molecule has 0 saturated carbocycles. The van der Waals surface area contributed by atoms with E-state index >= 15 is 0 Å². The number of anilines is 1. The van der Waals surface area contributed by atoms with Gasteiger partial charge in [-0.2, -0.15) is 0 Å². The zero-order valence-electron chi connectivity index (χ0n) is 22.5. The molecule has 1 aliphatic rings. The van der Waals surface area contributed by atoms with Crippen molar-refractivity contribution in [2.45, 2.75) is 53.0 Å². The summed E-state index contributed by atoms with van der Waals surface area (Å²) in [5.41, 5.74) is 4.10. The third-order valence-corrected chi connectivity index (χ3v) is 7.14. The Bertz CT molecular complexity index is 1570. The van der Waals surface area contributed by atoms with Crippen LogP contribution in [0.4, 0.5) is 5.82 Å². The van der Waals surface area contributed by atoms with E-state index in [2.05, 4.69) is 11.9 Å². The first-order valence-corrected chi connectivity index (χ1v) is 13.0. The monoisotopic (exact) mass is 512 g/mol. The Morgan fingerprint density at radius 3 is 2.47 bits per heavy atom. The summed E-state index contributed by atoms with van der Waals surface area (Å²) < 4.78 is 17.8. The molecule has 0 saturated heterocycles. The molecule has 1 aliphatic heterocycles. The number of aryl methyl sites for hydroxylation is 3. The molecule has 1 atom stereocenters. The average molecular weight is 513 g/mol. The molecule has 0 radical (unpaired) electrons. The van der Waals surface area contributed by atoms with Crippen molar-refractivity contribution in [3.05, 3.63) is 92.5 Å². The quantitative estimate of drug-likeness (QED) is 0.253. The highest BCUT2D eigenvalue weighted by atomic mass is 16.5. The molecule has 1 unspecified atom stereocenters. The number of carbonyl (C=O) groups is 1. The minimum Gasteiger partial charge on any atom is -0.493 e. The predicted octanol–water partition coefficient (Wildman–Crippen LogP) is 6.44. The number of unbranched alkanes of at least 4 members (excludes halogenated alkanes) is 2. The van der Waals surface area contributed by atoms with Gasteiger partial charge in [0.15, 0.2) is 16.9 Å². The van der Waals surface area contributed by atoms with Gasteiger partial charge < -0.3 is 13.9 Å². The summed E-state index contributed by atoms with van der Waals surface area (Å²) in [7, 11) is 1.58. The van der Waals surface area contributed by atoms with Crippen LogP contribution < -0.4 is 19.8 Å². The van der Waals surface area contributed by atoms with Gasteiger partial charge >= 0.3 is 0 Å². The molecule has 5 rings (SSSR count). The Kier molecular flexibility index (Phi) is 6.93. The summed E-state index contributed by atoms with van der Waals surface area (Å²) in [5, 5.41) is 0.450. The zero-order valence-corrected chi connectivity index (χ0v) is 22.5. The Balaban J connectivity index is 1.68. The fraction of sp³-hybridized carbons (Fsp3) is 0.323. The molecule has 2 aromatic carbocycles. The van der Waals surface area contributed by atoms with E-state index in [9.17, 15) is 9.59 Å². The number of methoxy groups -OCH3 is 1. The smallest absolute Gasteiger partial charge is 0.296 e. The lowest BCUT2D eigenvalue weighted by Crippen LogP contribution is -2.30. The molecule has 38 heavy (non-hydrogen) atoms. The van der Waals surface area contributed by atoms with Crippen LogP contribution in [0.3, 0.4) is 0 Å². The van der Waals surface area contributed by atoms with Crippen LogP contribution in [-0.4, -0.2) is 24.6 Å². The molecular formula is C31H32N2O5. The van der Waals surface area contributed by atoms with Crippen LogP contribution >= 0.6 is 0 Å². The third-order valence-electron chi connectivity index (χ3n) is 7.14. The number of hydrogen-bond acceptors (Lipinski definition) is 6. The summed E-state index contributed by atoms with van der Waals surface area (Å²) in [5.74, 6) is 1.23. The first-order valence-electron chi connectivity index (χ1n) is 13.0. The van der Waals surface area contributed by atoms with Gasteiger partial charge in [0.2, 0.25) is 5.76 Å². The van der Waals surface area contributed by atoms with E-state index in [0.717, 1.165) is 36.0 Å². The normalized spacial score (nSPS) is 14.7. The van der Waals surface area contributed by atoms with E-state index in [1.165, 1.54) is 4.90 Å². The van der Waals surface area contributed by atoms with Crippen molar-refractivity contribution in [3.8, 4) is 11.5 Å². The SMILES string of the molecule is CCCCCOc1ccc(C2c3c(oc4cc(C)c(C)cc4c3=O)C(=O)N2c2ccc(C)cn2)cc1OC. The van der Waals surface area contributed by atoms with E-state index in [0.29, 0.717) is 46.0 Å². The van der Waals surface area contributed by atoms with Crippen molar-refractivity contribution in [2.24, 2.45) is 0 Å². The number of ether oxygens (including phenoxy) is 2. The molecule has 0 N–H and O–H groups in total. The molecule has 1 amide bonds. The van der Waals surface area contributed by atoms with Gasteiger partial charge in [0, 0.05) is 6.20 Å². The Hall–Kier alpha value is -4.13. The maximum Gasteiger partial charge on any atom is 0.296 e. The minimum absolute atomic E-state index is 0.0389. The van der Waals surface area contributed by atoms with Crippen LogP contribution in [0.2, 0.25) is 0 Å². The number of nitrogens with zero attached hydrogens (tertiary/aromatic N) is 2. The first-order chi connectivity index (χ1) is 18.3. The Labute approximate surface area is 222 Å². The summed E-state index contributed by atoms with van der Waals surface area (Å²) in [6.45, 7) is 8.57. The zero-order chi connectivity index (χ0) is 27.0.